The van der Waals surface area contributed by atoms with Gasteiger partial charge in [0.2, 0.25) is 11.7 Å². The normalized spacial score (nSPS) is 11.7. The van der Waals surface area contributed by atoms with Gasteiger partial charge in [-0.25, -0.2) is 4.39 Å². The molecule has 25 heavy (non-hydrogen) atoms. The van der Waals surface area contributed by atoms with E-state index in [2.05, 4.69) is 15.5 Å². The summed E-state index contributed by atoms with van der Waals surface area (Å²) in [5, 5.41) is 8.24. The maximum absolute atomic E-state index is 13.2. The van der Waals surface area contributed by atoms with Crippen LogP contribution >= 0.6 is 23.2 Å². The molecule has 0 saturated heterocycles. The van der Waals surface area contributed by atoms with Gasteiger partial charge in [-0.1, -0.05) is 46.6 Å². The van der Waals surface area contributed by atoms with Crippen LogP contribution in [0.5, 0.6) is 0 Å². The lowest BCUT2D eigenvalue weighted by Gasteiger charge is -2.27. The summed E-state index contributed by atoms with van der Waals surface area (Å²) >= 11 is 12.1. The molecule has 3 aromatic rings. The third-order valence-corrected chi connectivity index (χ3v) is 4.38. The van der Waals surface area contributed by atoms with E-state index in [1.54, 1.807) is 18.2 Å². The van der Waals surface area contributed by atoms with Gasteiger partial charge in [-0.2, -0.15) is 4.98 Å². The van der Waals surface area contributed by atoms with Gasteiger partial charge in [-0.3, -0.25) is 5.32 Å². The standard InChI is InChI=1S/C18H16Cl2FN3O/c1-18(2,14-7-6-13(21)9-15(14)20)22-10-16-23-17(24-25-16)11-4-3-5-12(19)8-11/h3-9,22H,10H2,1-2H3. The maximum Gasteiger partial charge on any atom is 0.240 e. The predicted octanol–water partition coefficient (Wildman–Crippen LogP) is 5.21. The van der Waals surface area contributed by atoms with E-state index in [0.29, 0.717) is 28.3 Å². The molecule has 7 heteroatoms. The SMILES string of the molecule is CC(C)(NCc1nc(-c2cccc(Cl)c2)no1)c1ccc(F)cc1Cl. The molecule has 0 saturated carbocycles. The van der Waals surface area contributed by atoms with Crippen molar-refractivity contribution in [3.8, 4) is 11.4 Å². The Morgan fingerprint density at radius 2 is 1.96 bits per heavy atom. The molecular formula is C18H16Cl2FN3O. The Bertz CT molecular complexity index is 896. The fourth-order valence-corrected chi connectivity index (χ4v) is 3.05. The molecule has 4 nitrogen and oxygen atoms in total. The van der Waals surface area contributed by atoms with E-state index < -0.39 is 5.54 Å². The van der Waals surface area contributed by atoms with Crippen LogP contribution < -0.4 is 5.32 Å². The lowest BCUT2D eigenvalue weighted by atomic mass is 9.94. The average Bonchev–Trinajstić information content (AvgIpc) is 3.02. The van der Waals surface area contributed by atoms with Crippen molar-refractivity contribution in [1.82, 2.24) is 15.5 Å². The van der Waals surface area contributed by atoms with Gasteiger partial charge in [0.15, 0.2) is 0 Å². The van der Waals surface area contributed by atoms with Gasteiger partial charge in [0.05, 0.1) is 6.54 Å². The van der Waals surface area contributed by atoms with E-state index >= 15 is 0 Å². The van der Waals surface area contributed by atoms with Gasteiger partial charge in [0, 0.05) is 21.1 Å². The first-order valence-corrected chi connectivity index (χ1v) is 8.40. The Balaban J connectivity index is 1.73. The molecule has 0 aliphatic heterocycles. The molecule has 0 aliphatic rings. The summed E-state index contributed by atoms with van der Waals surface area (Å²) in [6, 6.07) is 11.6. The molecule has 1 aromatic heterocycles. The number of halogens is 3. The first-order valence-electron chi connectivity index (χ1n) is 7.64. The van der Waals surface area contributed by atoms with Gasteiger partial charge in [0.25, 0.3) is 0 Å². The van der Waals surface area contributed by atoms with E-state index in [0.717, 1.165) is 11.1 Å². The minimum absolute atomic E-state index is 0.342. The zero-order chi connectivity index (χ0) is 18.0. The molecule has 0 spiro atoms. The summed E-state index contributed by atoms with van der Waals surface area (Å²) in [6.07, 6.45) is 0. The van der Waals surface area contributed by atoms with Crippen LogP contribution in [-0.4, -0.2) is 10.1 Å². The molecule has 2 aromatic carbocycles. The minimum atomic E-state index is -0.504. The van der Waals surface area contributed by atoms with E-state index in [1.807, 2.05) is 26.0 Å². The van der Waals surface area contributed by atoms with Gasteiger partial charge >= 0.3 is 0 Å². The molecule has 0 bridgehead atoms. The van der Waals surface area contributed by atoms with Crippen LogP contribution in [0.4, 0.5) is 4.39 Å². The Morgan fingerprint density at radius 3 is 2.68 bits per heavy atom. The van der Waals surface area contributed by atoms with Crippen molar-refractivity contribution in [1.29, 1.82) is 0 Å². The summed E-state index contributed by atoms with van der Waals surface area (Å²) in [4.78, 5) is 4.36. The molecule has 0 amide bonds. The summed E-state index contributed by atoms with van der Waals surface area (Å²) in [6.45, 7) is 4.23. The van der Waals surface area contributed by atoms with E-state index in [1.165, 1.54) is 12.1 Å². The molecule has 3 rings (SSSR count). The number of nitrogens with zero attached hydrogens (tertiary/aromatic N) is 2. The monoisotopic (exact) mass is 379 g/mol. The summed E-state index contributed by atoms with van der Waals surface area (Å²) in [5.74, 6) is 0.533. The molecule has 0 aliphatic carbocycles. The van der Waals surface area contributed by atoms with Crippen molar-refractivity contribution in [2.75, 3.05) is 0 Å². The molecule has 1 N–H and O–H groups in total. The predicted molar refractivity (Wildman–Crippen MR) is 96.0 cm³/mol. The molecule has 1 heterocycles. The fourth-order valence-electron chi connectivity index (χ4n) is 2.46. The summed E-state index contributed by atoms with van der Waals surface area (Å²) in [5.41, 5.74) is 1.06. The van der Waals surface area contributed by atoms with Crippen LogP contribution in [0.3, 0.4) is 0 Å². The number of benzene rings is 2. The van der Waals surface area contributed by atoms with Crippen LogP contribution in [0.1, 0.15) is 25.3 Å². The Labute approximate surface area is 155 Å². The molecule has 0 fully saturated rings. The lowest BCUT2D eigenvalue weighted by molar-refractivity contribution is 0.327. The largest absolute Gasteiger partial charge is 0.338 e. The van der Waals surface area contributed by atoms with Gasteiger partial charge in [-0.05, 0) is 43.7 Å². The number of hydrogen-bond donors (Lipinski definition) is 1. The number of hydrogen-bond acceptors (Lipinski definition) is 4. The van der Waals surface area contributed by atoms with Crippen LogP contribution in [0.25, 0.3) is 11.4 Å². The molecule has 0 unspecified atom stereocenters. The second-order valence-electron chi connectivity index (χ2n) is 6.12. The summed E-state index contributed by atoms with van der Waals surface area (Å²) < 4.78 is 18.5. The third-order valence-electron chi connectivity index (χ3n) is 3.84. The number of rotatable bonds is 5. The van der Waals surface area contributed by atoms with Crippen molar-refractivity contribution in [3.63, 3.8) is 0 Å². The van der Waals surface area contributed by atoms with Gasteiger partial charge in [0.1, 0.15) is 5.82 Å². The quantitative estimate of drug-likeness (QED) is 0.661. The first kappa shape index (κ1) is 17.9. The van der Waals surface area contributed by atoms with Crippen LogP contribution in [0.2, 0.25) is 10.0 Å². The van der Waals surface area contributed by atoms with Gasteiger partial charge < -0.3 is 4.52 Å². The smallest absolute Gasteiger partial charge is 0.240 e. The second-order valence-corrected chi connectivity index (χ2v) is 6.97. The van der Waals surface area contributed by atoms with Crippen molar-refractivity contribution < 1.29 is 8.91 Å². The van der Waals surface area contributed by atoms with Crippen molar-refractivity contribution in [2.45, 2.75) is 25.9 Å². The van der Waals surface area contributed by atoms with E-state index in [4.69, 9.17) is 27.7 Å². The first-order chi connectivity index (χ1) is 11.8. The highest BCUT2D eigenvalue weighted by molar-refractivity contribution is 6.31. The lowest BCUT2D eigenvalue weighted by Crippen LogP contribution is -2.36. The average molecular weight is 380 g/mol. The van der Waals surface area contributed by atoms with E-state index in [9.17, 15) is 4.39 Å². The number of nitrogens with one attached hydrogen (secondary N) is 1. The van der Waals surface area contributed by atoms with Gasteiger partial charge in [-0.15, -0.1) is 0 Å². The van der Waals surface area contributed by atoms with Crippen LogP contribution in [0, 0.1) is 5.82 Å². The van der Waals surface area contributed by atoms with Crippen LogP contribution in [-0.2, 0) is 12.1 Å². The third kappa shape index (κ3) is 4.18. The Morgan fingerprint density at radius 1 is 1.16 bits per heavy atom. The zero-order valence-electron chi connectivity index (χ0n) is 13.7. The Hall–Kier alpha value is -1.95. The highest BCUT2D eigenvalue weighted by Gasteiger charge is 2.24. The Kier molecular flexibility index (Phi) is 5.08. The van der Waals surface area contributed by atoms with Crippen LogP contribution in [0.15, 0.2) is 47.0 Å². The zero-order valence-corrected chi connectivity index (χ0v) is 15.2. The highest BCUT2D eigenvalue weighted by Crippen LogP contribution is 2.29. The van der Waals surface area contributed by atoms with E-state index in [-0.39, 0.29) is 5.82 Å². The van der Waals surface area contributed by atoms with Crippen molar-refractivity contribution >= 4 is 23.2 Å². The van der Waals surface area contributed by atoms with Crippen molar-refractivity contribution in [2.24, 2.45) is 0 Å². The van der Waals surface area contributed by atoms with Crippen molar-refractivity contribution in [3.05, 3.63) is 69.8 Å². The second kappa shape index (κ2) is 7.12. The molecule has 130 valence electrons. The summed E-state index contributed by atoms with van der Waals surface area (Å²) in [7, 11) is 0. The maximum atomic E-state index is 13.2. The topological polar surface area (TPSA) is 51.0 Å². The molecule has 0 radical (unpaired) electrons. The minimum Gasteiger partial charge on any atom is -0.338 e. The fraction of sp³-hybridized carbons (Fsp3) is 0.222. The molecular weight excluding hydrogens is 364 g/mol. The number of aromatic nitrogens is 2. The molecule has 0 atom stereocenters. The highest BCUT2D eigenvalue weighted by atomic mass is 35.5.